The molecule has 0 spiro atoms. The van der Waals surface area contributed by atoms with Gasteiger partial charge < -0.3 is 20.5 Å². The number of aliphatic hydroxyl groups excluding tert-OH is 1. The number of carbonyl (C=O) groups excluding carboxylic acids is 1. The highest BCUT2D eigenvalue weighted by Gasteiger charge is 2.09. The van der Waals surface area contributed by atoms with E-state index in [1.54, 1.807) is 6.92 Å². The molecule has 3 N–H and O–H groups in total. The summed E-state index contributed by atoms with van der Waals surface area (Å²) in [7, 11) is 0. The monoisotopic (exact) mass is 294 g/mol. The Labute approximate surface area is 126 Å². The van der Waals surface area contributed by atoms with Crippen LogP contribution in [0.25, 0.3) is 0 Å². The molecule has 0 fully saturated rings. The molecule has 0 saturated heterocycles. The van der Waals surface area contributed by atoms with Crippen LogP contribution in [0.4, 0.5) is 10.5 Å². The Balaban J connectivity index is 2.49. The number of aliphatic hydroxyl groups is 1. The second-order valence-corrected chi connectivity index (χ2v) is 5.44. The van der Waals surface area contributed by atoms with E-state index in [2.05, 4.69) is 10.6 Å². The fraction of sp³-hybridized carbons (Fsp3) is 0.562. The molecule has 1 rings (SSSR count). The number of amides is 2. The van der Waals surface area contributed by atoms with Crippen LogP contribution in [-0.4, -0.2) is 30.4 Å². The molecule has 0 aromatic heterocycles. The van der Waals surface area contributed by atoms with Crippen LogP contribution in [0.3, 0.4) is 0 Å². The number of anilines is 1. The van der Waals surface area contributed by atoms with Crippen molar-refractivity contribution in [2.45, 2.75) is 40.2 Å². The number of ether oxygens (including phenoxy) is 1. The second-order valence-electron chi connectivity index (χ2n) is 5.44. The second kappa shape index (κ2) is 8.52. The van der Waals surface area contributed by atoms with Crippen LogP contribution in [0.1, 0.15) is 32.8 Å². The van der Waals surface area contributed by atoms with E-state index in [1.165, 1.54) is 0 Å². The lowest BCUT2D eigenvalue weighted by Crippen LogP contribution is -2.33. The van der Waals surface area contributed by atoms with Gasteiger partial charge in [-0.05, 0) is 44.7 Å². The molecule has 2 amide bonds. The molecule has 0 unspecified atom stereocenters. The molecule has 0 aliphatic heterocycles. The number of hydrogen-bond donors (Lipinski definition) is 3. The topological polar surface area (TPSA) is 70.6 Å². The van der Waals surface area contributed by atoms with Gasteiger partial charge in [-0.3, -0.25) is 0 Å². The molecule has 1 aromatic carbocycles. The van der Waals surface area contributed by atoms with E-state index in [-0.39, 0.29) is 18.1 Å². The van der Waals surface area contributed by atoms with Crippen LogP contribution >= 0.6 is 0 Å². The summed E-state index contributed by atoms with van der Waals surface area (Å²) in [4.78, 5) is 11.8. The molecule has 21 heavy (non-hydrogen) atoms. The van der Waals surface area contributed by atoms with E-state index in [9.17, 15) is 9.90 Å². The zero-order chi connectivity index (χ0) is 15.8. The number of hydrogen-bond acceptors (Lipinski definition) is 3. The number of urea groups is 1. The number of rotatable bonds is 7. The molecular formula is C16H26N2O3. The zero-order valence-electron chi connectivity index (χ0n) is 13.3. The predicted octanol–water partition coefficient (Wildman–Crippen LogP) is 2.92. The van der Waals surface area contributed by atoms with E-state index in [0.717, 1.165) is 11.3 Å². The van der Waals surface area contributed by atoms with Crippen molar-refractivity contribution in [1.29, 1.82) is 0 Å². The largest absolute Gasteiger partial charge is 0.494 e. The van der Waals surface area contributed by atoms with Crippen molar-refractivity contribution in [3.63, 3.8) is 0 Å². The lowest BCUT2D eigenvalue weighted by molar-refractivity contribution is 0.163. The molecule has 5 heteroatoms. The minimum atomic E-state index is -0.351. The third-order valence-electron chi connectivity index (χ3n) is 3.10. The smallest absolute Gasteiger partial charge is 0.319 e. The summed E-state index contributed by atoms with van der Waals surface area (Å²) in [5.41, 5.74) is 1.73. The van der Waals surface area contributed by atoms with E-state index in [4.69, 9.17) is 4.74 Å². The third-order valence-corrected chi connectivity index (χ3v) is 3.10. The quantitative estimate of drug-likeness (QED) is 0.724. The number of nitrogens with one attached hydrogen (secondary N) is 2. The van der Waals surface area contributed by atoms with Crippen LogP contribution in [0.5, 0.6) is 5.75 Å². The molecule has 0 bridgehead atoms. The van der Waals surface area contributed by atoms with Crippen LogP contribution < -0.4 is 15.4 Å². The van der Waals surface area contributed by atoms with Gasteiger partial charge in [0.15, 0.2) is 0 Å². The molecule has 0 aliphatic rings. The first kappa shape index (κ1) is 17.3. The van der Waals surface area contributed by atoms with Crippen LogP contribution in [-0.2, 0) is 0 Å². The van der Waals surface area contributed by atoms with Gasteiger partial charge in [0, 0.05) is 18.3 Å². The standard InChI is InChI=1S/C16H26N2O3/c1-5-21-15-9-14(7-6-12(15)3)18-16(20)17-10-11(2)8-13(4)19/h6-7,9,11,13,19H,5,8,10H2,1-4H3,(H2,17,18,20)/t11-,13+/m0/s1. The van der Waals surface area contributed by atoms with Gasteiger partial charge in [0.1, 0.15) is 5.75 Å². The summed E-state index contributed by atoms with van der Waals surface area (Å²) in [5.74, 6) is 1.01. The first-order chi connectivity index (χ1) is 9.92. The summed E-state index contributed by atoms with van der Waals surface area (Å²) in [6, 6.07) is 5.32. The van der Waals surface area contributed by atoms with E-state index >= 15 is 0 Å². The molecule has 1 aromatic rings. The van der Waals surface area contributed by atoms with Gasteiger partial charge in [0.2, 0.25) is 0 Å². The van der Waals surface area contributed by atoms with E-state index < -0.39 is 0 Å². The zero-order valence-corrected chi connectivity index (χ0v) is 13.3. The molecule has 0 heterocycles. The minimum absolute atomic E-state index is 0.229. The summed E-state index contributed by atoms with van der Waals surface area (Å²) in [6.07, 6.45) is 0.315. The Hall–Kier alpha value is -1.75. The molecule has 0 saturated carbocycles. The van der Waals surface area contributed by atoms with Crippen molar-refractivity contribution < 1.29 is 14.6 Å². The Kier molecular flexibility index (Phi) is 7.02. The number of benzene rings is 1. The Morgan fingerprint density at radius 3 is 2.71 bits per heavy atom. The minimum Gasteiger partial charge on any atom is -0.494 e. The highest BCUT2D eigenvalue weighted by molar-refractivity contribution is 5.89. The van der Waals surface area contributed by atoms with Crippen molar-refractivity contribution in [3.05, 3.63) is 23.8 Å². The van der Waals surface area contributed by atoms with Crippen molar-refractivity contribution in [2.75, 3.05) is 18.5 Å². The average molecular weight is 294 g/mol. The van der Waals surface area contributed by atoms with Crippen molar-refractivity contribution in [3.8, 4) is 5.75 Å². The first-order valence-electron chi connectivity index (χ1n) is 7.38. The molecule has 5 nitrogen and oxygen atoms in total. The van der Waals surface area contributed by atoms with Gasteiger partial charge in [-0.1, -0.05) is 13.0 Å². The van der Waals surface area contributed by atoms with Crippen molar-refractivity contribution >= 4 is 11.7 Å². The lowest BCUT2D eigenvalue weighted by atomic mass is 10.1. The summed E-state index contributed by atoms with van der Waals surface area (Å²) in [6.45, 7) is 8.75. The summed E-state index contributed by atoms with van der Waals surface area (Å²) in [5, 5.41) is 14.9. The molecule has 0 aliphatic carbocycles. The van der Waals surface area contributed by atoms with Gasteiger partial charge >= 0.3 is 6.03 Å². The van der Waals surface area contributed by atoms with Crippen LogP contribution in [0, 0.1) is 12.8 Å². The molecule has 2 atom stereocenters. The lowest BCUT2D eigenvalue weighted by Gasteiger charge is -2.15. The van der Waals surface area contributed by atoms with Crippen molar-refractivity contribution in [2.24, 2.45) is 5.92 Å². The maximum atomic E-state index is 11.8. The van der Waals surface area contributed by atoms with Gasteiger partial charge in [-0.25, -0.2) is 4.79 Å². The maximum absolute atomic E-state index is 11.8. The predicted molar refractivity (Wildman–Crippen MR) is 84.8 cm³/mol. The number of aryl methyl sites for hydroxylation is 1. The molecule has 118 valence electrons. The molecule has 0 radical (unpaired) electrons. The third kappa shape index (κ3) is 6.49. The van der Waals surface area contributed by atoms with Gasteiger partial charge in [-0.2, -0.15) is 0 Å². The van der Waals surface area contributed by atoms with Crippen molar-refractivity contribution in [1.82, 2.24) is 5.32 Å². The normalized spacial score (nSPS) is 13.4. The Morgan fingerprint density at radius 2 is 2.10 bits per heavy atom. The summed E-state index contributed by atoms with van der Waals surface area (Å²) >= 11 is 0. The van der Waals surface area contributed by atoms with Crippen LogP contribution in [0.15, 0.2) is 18.2 Å². The Bertz CT molecular complexity index is 461. The van der Waals surface area contributed by atoms with E-state index in [0.29, 0.717) is 25.3 Å². The highest BCUT2D eigenvalue weighted by Crippen LogP contribution is 2.22. The number of carbonyl (C=O) groups is 1. The van der Waals surface area contributed by atoms with Crippen LogP contribution in [0.2, 0.25) is 0 Å². The SMILES string of the molecule is CCOc1cc(NC(=O)NC[C@@H](C)C[C@@H](C)O)ccc1C. The average Bonchev–Trinajstić information content (AvgIpc) is 2.40. The van der Waals surface area contributed by atoms with Gasteiger partial charge in [0.25, 0.3) is 0 Å². The highest BCUT2D eigenvalue weighted by atomic mass is 16.5. The maximum Gasteiger partial charge on any atom is 0.319 e. The van der Waals surface area contributed by atoms with E-state index in [1.807, 2.05) is 39.0 Å². The Morgan fingerprint density at radius 1 is 1.38 bits per heavy atom. The first-order valence-corrected chi connectivity index (χ1v) is 7.38. The fourth-order valence-electron chi connectivity index (χ4n) is 2.10. The fourth-order valence-corrected chi connectivity index (χ4v) is 2.10. The van der Waals surface area contributed by atoms with Gasteiger partial charge in [-0.15, -0.1) is 0 Å². The molecular weight excluding hydrogens is 268 g/mol. The van der Waals surface area contributed by atoms with Gasteiger partial charge in [0.05, 0.1) is 12.7 Å². The summed E-state index contributed by atoms with van der Waals surface area (Å²) < 4.78 is 5.50.